The molecule has 0 radical (unpaired) electrons. The van der Waals surface area contributed by atoms with Gasteiger partial charge < -0.3 is 14.8 Å². The van der Waals surface area contributed by atoms with Crippen LogP contribution in [0.4, 0.5) is 0 Å². The molecule has 0 aliphatic carbocycles. The molecule has 0 fully saturated rings. The first-order valence-electron chi connectivity index (χ1n) is 8.42. The van der Waals surface area contributed by atoms with Crippen LogP contribution >= 0.6 is 11.8 Å². The monoisotopic (exact) mass is 371 g/mol. The summed E-state index contributed by atoms with van der Waals surface area (Å²) >= 11 is 1.72. The maximum absolute atomic E-state index is 12.5. The van der Waals surface area contributed by atoms with Crippen molar-refractivity contribution in [3.63, 3.8) is 0 Å². The lowest BCUT2D eigenvalue weighted by molar-refractivity contribution is 0.0955. The topological polar surface area (TPSA) is 47.6 Å². The predicted octanol–water partition coefficient (Wildman–Crippen LogP) is 4.26. The summed E-state index contributed by atoms with van der Waals surface area (Å²) in [7, 11) is 3.15. The van der Waals surface area contributed by atoms with Gasteiger partial charge in [-0.1, -0.05) is 23.8 Å². The Bertz CT molecular complexity index is 757. The molecule has 0 spiro atoms. The number of aryl methyl sites for hydroxylation is 1. The molecule has 0 aliphatic rings. The number of hydrogen-bond donors (Lipinski definition) is 1. The summed E-state index contributed by atoms with van der Waals surface area (Å²) in [5.41, 5.74) is 2.67. The zero-order valence-electron chi connectivity index (χ0n) is 15.5. The zero-order valence-corrected chi connectivity index (χ0v) is 16.3. The lowest BCUT2D eigenvalue weighted by Crippen LogP contribution is -2.26. The van der Waals surface area contributed by atoms with E-state index >= 15 is 0 Å². The van der Waals surface area contributed by atoms with Crippen molar-refractivity contribution in [3.8, 4) is 11.5 Å². The number of carbonyl (C=O) groups is 1. The third kappa shape index (κ3) is 5.30. The first-order valence-corrected chi connectivity index (χ1v) is 9.41. The fourth-order valence-corrected chi connectivity index (χ4v) is 3.32. The Kier molecular flexibility index (Phi) is 7.60. The van der Waals surface area contributed by atoms with Crippen LogP contribution in [-0.4, -0.2) is 32.4 Å². The van der Waals surface area contributed by atoms with Crippen molar-refractivity contribution in [3.05, 3.63) is 65.7 Å². The minimum absolute atomic E-state index is 0.124. The number of nitrogens with one attached hydrogen (secondary N) is 1. The molecule has 2 rings (SSSR count). The van der Waals surface area contributed by atoms with Gasteiger partial charge in [0, 0.05) is 28.3 Å². The van der Waals surface area contributed by atoms with E-state index in [0.717, 1.165) is 11.3 Å². The Morgan fingerprint density at radius 3 is 2.54 bits per heavy atom. The third-order valence-electron chi connectivity index (χ3n) is 3.86. The number of allylic oxidation sites excluding steroid dienone is 1. The summed E-state index contributed by atoms with van der Waals surface area (Å²) in [6.07, 6.45) is 2.38. The van der Waals surface area contributed by atoms with Gasteiger partial charge in [0.25, 0.3) is 5.91 Å². The Labute approximate surface area is 159 Å². The van der Waals surface area contributed by atoms with Gasteiger partial charge in [0.15, 0.2) is 11.5 Å². The smallest absolute Gasteiger partial charge is 0.251 e. The largest absolute Gasteiger partial charge is 0.493 e. The van der Waals surface area contributed by atoms with Crippen LogP contribution in [0.25, 0.3) is 0 Å². The first-order chi connectivity index (χ1) is 12.6. The van der Waals surface area contributed by atoms with Gasteiger partial charge in [-0.15, -0.1) is 18.3 Å². The van der Waals surface area contributed by atoms with Gasteiger partial charge in [-0.25, -0.2) is 0 Å². The minimum atomic E-state index is -0.124. The van der Waals surface area contributed by atoms with E-state index in [9.17, 15) is 4.79 Å². The predicted molar refractivity (Wildman–Crippen MR) is 108 cm³/mol. The second kappa shape index (κ2) is 9.92. The highest BCUT2D eigenvalue weighted by Crippen LogP contribution is 2.33. The number of carbonyl (C=O) groups excluding carboxylic acids is 1. The molecular formula is C21H25NO3S. The Hall–Kier alpha value is -2.40. The van der Waals surface area contributed by atoms with Crippen molar-refractivity contribution in [1.82, 2.24) is 5.32 Å². The highest BCUT2D eigenvalue weighted by Gasteiger charge is 2.15. The Morgan fingerprint density at radius 2 is 1.92 bits per heavy atom. The number of methoxy groups -OCH3 is 2. The number of thioether (sulfide) groups is 1. The fraction of sp³-hybridized carbons (Fsp3) is 0.286. The molecule has 0 saturated carbocycles. The van der Waals surface area contributed by atoms with E-state index in [4.69, 9.17) is 9.47 Å². The lowest BCUT2D eigenvalue weighted by atomic mass is 10.0. The van der Waals surface area contributed by atoms with Gasteiger partial charge in [0.05, 0.1) is 14.2 Å². The van der Waals surface area contributed by atoms with Gasteiger partial charge in [-0.2, -0.15) is 0 Å². The Balaban J connectivity index is 1.98. The number of benzene rings is 2. The summed E-state index contributed by atoms with van der Waals surface area (Å²) < 4.78 is 10.8. The maximum atomic E-state index is 12.5. The van der Waals surface area contributed by atoms with Gasteiger partial charge in [0.2, 0.25) is 0 Å². The highest BCUT2D eigenvalue weighted by molar-refractivity contribution is 7.99. The van der Waals surface area contributed by atoms with Crippen molar-refractivity contribution in [2.75, 3.05) is 26.5 Å². The highest BCUT2D eigenvalue weighted by atomic mass is 32.2. The first kappa shape index (κ1) is 19.9. The second-order valence-electron chi connectivity index (χ2n) is 5.78. The van der Waals surface area contributed by atoms with Crippen molar-refractivity contribution >= 4 is 17.7 Å². The normalized spacial score (nSPS) is 10.3. The summed E-state index contributed by atoms with van der Waals surface area (Å²) in [6.45, 7) is 6.41. The van der Waals surface area contributed by atoms with Crippen LogP contribution in [0.1, 0.15) is 21.5 Å². The van der Waals surface area contributed by atoms with Gasteiger partial charge >= 0.3 is 0 Å². The number of ether oxygens (including phenoxy) is 2. The molecule has 2 aromatic carbocycles. The average molecular weight is 372 g/mol. The molecule has 0 heterocycles. The van der Waals surface area contributed by atoms with Crippen LogP contribution in [-0.2, 0) is 6.42 Å². The molecule has 0 aliphatic heterocycles. The lowest BCUT2D eigenvalue weighted by Gasteiger charge is -2.14. The van der Waals surface area contributed by atoms with E-state index < -0.39 is 0 Å². The quantitative estimate of drug-likeness (QED) is 0.406. The van der Waals surface area contributed by atoms with Crippen molar-refractivity contribution in [1.29, 1.82) is 0 Å². The van der Waals surface area contributed by atoms with Crippen molar-refractivity contribution < 1.29 is 14.3 Å². The molecule has 0 aromatic heterocycles. The van der Waals surface area contributed by atoms with Crippen LogP contribution in [0.2, 0.25) is 0 Å². The molecule has 4 nitrogen and oxygen atoms in total. The van der Waals surface area contributed by atoms with E-state index in [1.54, 1.807) is 38.1 Å². The molecule has 0 bridgehead atoms. The van der Waals surface area contributed by atoms with E-state index in [1.165, 1.54) is 10.5 Å². The summed E-state index contributed by atoms with van der Waals surface area (Å²) in [5.74, 6) is 1.87. The molecule has 0 atom stereocenters. The molecular weight excluding hydrogens is 346 g/mol. The molecule has 26 heavy (non-hydrogen) atoms. The molecule has 138 valence electrons. The fourth-order valence-electron chi connectivity index (χ4n) is 2.55. The summed E-state index contributed by atoms with van der Waals surface area (Å²) in [4.78, 5) is 13.7. The third-order valence-corrected chi connectivity index (χ3v) is 4.87. The van der Waals surface area contributed by atoms with E-state index in [2.05, 4.69) is 43.1 Å². The van der Waals surface area contributed by atoms with E-state index in [-0.39, 0.29) is 5.91 Å². The van der Waals surface area contributed by atoms with Gasteiger partial charge in [-0.05, 0) is 37.6 Å². The molecule has 2 aromatic rings. The molecule has 5 heteroatoms. The molecule has 0 unspecified atom stereocenters. The minimum Gasteiger partial charge on any atom is -0.493 e. The number of amides is 1. The molecule has 0 saturated heterocycles. The molecule has 1 amide bonds. The van der Waals surface area contributed by atoms with Gasteiger partial charge in [-0.3, -0.25) is 4.79 Å². The summed E-state index contributed by atoms with van der Waals surface area (Å²) in [6, 6.07) is 11.9. The van der Waals surface area contributed by atoms with Gasteiger partial charge in [0.1, 0.15) is 0 Å². The standard InChI is InChI=1S/C21H25NO3S/c1-5-6-16-13-17(14-19(24-3)20(16)25-4)21(23)22-11-12-26-18-9-7-15(2)8-10-18/h5,7-10,13-14H,1,6,11-12H2,2-4H3,(H,22,23). The van der Waals surface area contributed by atoms with E-state index in [1.807, 2.05) is 6.07 Å². The second-order valence-corrected chi connectivity index (χ2v) is 6.95. The Morgan fingerprint density at radius 1 is 1.19 bits per heavy atom. The maximum Gasteiger partial charge on any atom is 0.251 e. The zero-order chi connectivity index (χ0) is 18.9. The van der Waals surface area contributed by atoms with Crippen LogP contribution < -0.4 is 14.8 Å². The number of rotatable bonds is 9. The van der Waals surface area contributed by atoms with Crippen LogP contribution in [0, 0.1) is 6.92 Å². The van der Waals surface area contributed by atoms with E-state index in [0.29, 0.717) is 30.0 Å². The number of hydrogen-bond acceptors (Lipinski definition) is 4. The van der Waals surface area contributed by atoms with Crippen LogP contribution in [0.5, 0.6) is 11.5 Å². The van der Waals surface area contributed by atoms with Crippen molar-refractivity contribution in [2.45, 2.75) is 18.2 Å². The average Bonchev–Trinajstić information content (AvgIpc) is 2.66. The van der Waals surface area contributed by atoms with Crippen LogP contribution in [0.3, 0.4) is 0 Å². The van der Waals surface area contributed by atoms with Crippen LogP contribution in [0.15, 0.2) is 53.9 Å². The molecule has 1 N–H and O–H groups in total. The summed E-state index contributed by atoms with van der Waals surface area (Å²) in [5, 5.41) is 2.96. The SMILES string of the molecule is C=CCc1cc(C(=O)NCCSc2ccc(C)cc2)cc(OC)c1OC. The van der Waals surface area contributed by atoms with Crippen molar-refractivity contribution in [2.24, 2.45) is 0 Å².